The maximum atomic E-state index is 13.0. The van der Waals surface area contributed by atoms with Gasteiger partial charge in [0.05, 0.1) is 10.7 Å². The molecule has 5 nitrogen and oxygen atoms in total. The van der Waals surface area contributed by atoms with E-state index in [1.807, 2.05) is 6.92 Å². The van der Waals surface area contributed by atoms with Gasteiger partial charge in [0.2, 0.25) is 0 Å². The molecule has 2 heterocycles. The Kier molecular flexibility index (Phi) is 5.78. The van der Waals surface area contributed by atoms with Gasteiger partial charge in [0, 0.05) is 23.4 Å². The Hall–Kier alpha value is -2.32. The number of ether oxygens (including phenoxy) is 1. The Morgan fingerprint density at radius 1 is 1.21 bits per heavy atom. The van der Waals surface area contributed by atoms with E-state index in [0.29, 0.717) is 27.9 Å². The summed E-state index contributed by atoms with van der Waals surface area (Å²) in [5, 5.41) is 3.98. The molecule has 0 radical (unpaired) electrons. The van der Waals surface area contributed by atoms with Crippen LogP contribution in [0.3, 0.4) is 0 Å². The van der Waals surface area contributed by atoms with Gasteiger partial charge in [0.25, 0.3) is 0 Å². The number of aromatic nitrogens is 3. The van der Waals surface area contributed by atoms with Gasteiger partial charge in [-0.3, -0.25) is 0 Å². The molecule has 2 aromatic heterocycles. The molecule has 3 aromatic rings. The van der Waals surface area contributed by atoms with Crippen molar-refractivity contribution in [3.05, 3.63) is 47.2 Å². The number of alkyl halides is 3. The molecule has 1 aromatic carbocycles. The van der Waals surface area contributed by atoms with Crippen molar-refractivity contribution in [3.8, 4) is 17.0 Å². The number of hydrogen-bond acceptors (Lipinski definition) is 4. The van der Waals surface area contributed by atoms with Gasteiger partial charge in [-0.25, -0.2) is 9.50 Å². The number of hydrogen-bond donors (Lipinski definition) is 1. The summed E-state index contributed by atoms with van der Waals surface area (Å²) in [7, 11) is 0. The van der Waals surface area contributed by atoms with Crippen LogP contribution in [-0.2, 0) is 6.18 Å². The number of nitrogens with two attached hydrogens (primary N) is 1. The summed E-state index contributed by atoms with van der Waals surface area (Å²) >= 11 is 6.35. The topological polar surface area (TPSA) is 65.4 Å². The highest BCUT2D eigenvalue weighted by molar-refractivity contribution is 6.32. The Labute approximate surface area is 171 Å². The fraction of sp³-hybridized carbons (Fsp3) is 0.400. The van der Waals surface area contributed by atoms with E-state index in [0.717, 1.165) is 17.0 Å². The first-order valence-electron chi connectivity index (χ1n) is 9.10. The van der Waals surface area contributed by atoms with Gasteiger partial charge in [-0.2, -0.15) is 18.3 Å². The van der Waals surface area contributed by atoms with Crippen LogP contribution in [0.15, 0.2) is 36.5 Å². The van der Waals surface area contributed by atoms with Crippen molar-refractivity contribution in [2.24, 2.45) is 11.7 Å². The van der Waals surface area contributed by atoms with Crippen molar-refractivity contribution in [2.75, 3.05) is 6.61 Å². The van der Waals surface area contributed by atoms with Crippen molar-refractivity contribution in [2.45, 2.75) is 38.9 Å². The molecular weight excluding hydrogens is 405 g/mol. The Bertz CT molecular complexity index is 1010. The minimum atomic E-state index is -4.55. The molecule has 0 aliphatic heterocycles. The van der Waals surface area contributed by atoms with Gasteiger partial charge in [-0.05, 0) is 43.5 Å². The smallest absolute Gasteiger partial charge is 0.435 e. The molecule has 0 bridgehead atoms. The zero-order chi connectivity index (χ0) is 21.4. The van der Waals surface area contributed by atoms with E-state index in [9.17, 15) is 13.2 Å². The van der Waals surface area contributed by atoms with E-state index in [2.05, 4.69) is 23.9 Å². The average molecular weight is 427 g/mol. The van der Waals surface area contributed by atoms with E-state index in [4.69, 9.17) is 22.1 Å². The molecule has 0 unspecified atom stereocenters. The molecule has 29 heavy (non-hydrogen) atoms. The lowest BCUT2D eigenvalue weighted by Crippen LogP contribution is -2.43. The fourth-order valence-electron chi connectivity index (χ4n) is 3.26. The molecular formula is C20H22ClF3N4O. The van der Waals surface area contributed by atoms with Crippen molar-refractivity contribution in [1.82, 2.24) is 14.6 Å². The van der Waals surface area contributed by atoms with E-state index in [-0.39, 0.29) is 12.3 Å². The second kappa shape index (κ2) is 7.84. The van der Waals surface area contributed by atoms with Crippen molar-refractivity contribution in [1.29, 1.82) is 0 Å². The average Bonchev–Trinajstić information content (AvgIpc) is 3.04. The molecule has 3 rings (SSSR count). The van der Waals surface area contributed by atoms with Gasteiger partial charge >= 0.3 is 6.18 Å². The number of rotatable bonds is 6. The predicted molar refractivity (Wildman–Crippen MR) is 106 cm³/mol. The predicted octanol–water partition coefficient (Wildman–Crippen LogP) is 5.21. The summed E-state index contributed by atoms with van der Waals surface area (Å²) in [5.74, 6) is 0.883. The van der Waals surface area contributed by atoms with E-state index in [1.165, 1.54) is 6.20 Å². The SMILES string of the molecule is CC(C)C[C@](C)(N)COc1ccc(-c2ccnc3cc(C(F)(F)F)nn23)cc1Cl. The third kappa shape index (κ3) is 5.00. The molecule has 0 fully saturated rings. The monoisotopic (exact) mass is 426 g/mol. The molecule has 0 saturated heterocycles. The highest BCUT2D eigenvalue weighted by Gasteiger charge is 2.34. The van der Waals surface area contributed by atoms with Crippen LogP contribution in [0.5, 0.6) is 5.75 Å². The first-order valence-corrected chi connectivity index (χ1v) is 9.48. The largest absolute Gasteiger partial charge is 0.490 e. The van der Waals surface area contributed by atoms with Gasteiger partial charge in [0.1, 0.15) is 12.4 Å². The van der Waals surface area contributed by atoms with Crippen LogP contribution < -0.4 is 10.5 Å². The molecule has 9 heteroatoms. The van der Waals surface area contributed by atoms with Crippen LogP contribution in [0.4, 0.5) is 13.2 Å². The Morgan fingerprint density at radius 2 is 1.93 bits per heavy atom. The number of halogens is 4. The van der Waals surface area contributed by atoms with Crippen molar-refractivity contribution >= 4 is 17.2 Å². The molecule has 156 valence electrons. The maximum absolute atomic E-state index is 13.0. The van der Waals surface area contributed by atoms with Gasteiger partial charge in [-0.1, -0.05) is 25.4 Å². The Balaban J connectivity index is 1.88. The second-order valence-electron chi connectivity index (χ2n) is 7.81. The lowest BCUT2D eigenvalue weighted by Gasteiger charge is -2.26. The highest BCUT2D eigenvalue weighted by atomic mass is 35.5. The highest BCUT2D eigenvalue weighted by Crippen LogP contribution is 2.33. The molecule has 1 atom stereocenters. The summed E-state index contributed by atoms with van der Waals surface area (Å²) in [6, 6.07) is 7.48. The zero-order valence-electron chi connectivity index (χ0n) is 16.3. The van der Waals surface area contributed by atoms with Crippen LogP contribution >= 0.6 is 11.6 Å². The first kappa shape index (κ1) is 21.4. The lowest BCUT2D eigenvalue weighted by molar-refractivity contribution is -0.141. The normalized spacial score (nSPS) is 14.4. The van der Waals surface area contributed by atoms with Crippen LogP contribution in [0.25, 0.3) is 16.9 Å². The second-order valence-corrected chi connectivity index (χ2v) is 8.22. The van der Waals surface area contributed by atoms with E-state index in [1.54, 1.807) is 24.3 Å². The maximum Gasteiger partial charge on any atom is 0.435 e. The van der Waals surface area contributed by atoms with Crippen molar-refractivity contribution < 1.29 is 17.9 Å². The third-order valence-corrected chi connectivity index (χ3v) is 4.60. The van der Waals surface area contributed by atoms with Crippen LogP contribution in [-0.4, -0.2) is 26.7 Å². The zero-order valence-corrected chi connectivity index (χ0v) is 17.1. The molecule has 2 N–H and O–H groups in total. The van der Waals surface area contributed by atoms with E-state index >= 15 is 0 Å². The fourth-order valence-corrected chi connectivity index (χ4v) is 3.50. The summed E-state index contributed by atoms with van der Waals surface area (Å²) in [4.78, 5) is 3.95. The first-order chi connectivity index (χ1) is 13.5. The molecule has 0 amide bonds. The number of nitrogens with zero attached hydrogens (tertiary/aromatic N) is 3. The summed E-state index contributed by atoms with van der Waals surface area (Å²) in [6.45, 7) is 6.38. The van der Waals surface area contributed by atoms with Crippen LogP contribution in [0.1, 0.15) is 32.9 Å². The van der Waals surface area contributed by atoms with Gasteiger partial charge < -0.3 is 10.5 Å². The van der Waals surface area contributed by atoms with E-state index < -0.39 is 17.4 Å². The summed E-state index contributed by atoms with van der Waals surface area (Å²) in [6.07, 6.45) is -2.33. The lowest BCUT2D eigenvalue weighted by atomic mass is 9.93. The minimum absolute atomic E-state index is 0.0962. The van der Waals surface area contributed by atoms with Gasteiger partial charge in [-0.15, -0.1) is 0 Å². The summed E-state index contributed by atoms with van der Waals surface area (Å²) < 4.78 is 45.9. The van der Waals surface area contributed by atoms with Crippen molar-refractivity contribution in [3.63, 3.8) is 0 Å². The minimum Gasteiger partial charge on any atom is -0.490 e. The Morgan fingerprint density at radius 3 is 2.55 bits per heavy atom. The molecule has 0 spiro atoms. The van der Waals surface area contributed by atoms with Gasteiger partial charge in [0.15, 0.2) is 11.3 Å². The summed E-state index contributed by atoms with van der Waals surface area (Å²) in [5.41, 5.74) is 5.87. The standard InChI is InChI=1S/C20H22ClF3N4O/c1-12(2)10-19(3,25)11-29-16-5-4-13(8-14(16)21)15-6-7-26-18-9-17(20(22,23)24)27-28(15)18/h4-9,12H,10-11,25H2,1-3H3/t19-/m0/s1. The third-order valence-electron chi connectivity index (χ3n) is 4.31. The van der Waals surface area contributed by atoms with Crippen LogP contribution in [0, 0.1) is 5.92 Å². The number of fused-ring (bicyclic) bond motifs is 1. The molecule has 0 aliphatic rings. The molecule has 0 aliphatic carbocycles. The molecule has 0 saturated carbocycles. The quantitative estimate of drug-likeness (QED) is 0.587. The number of benzene rings is 1. The van der Waals surface area contributed by atoms with Crippen LogP contribution in [0.2, 0.25) is 5.02 Å².